The zero-order valence-corrected chi connectivity index (χ0v) is 11.5. The molecule has 4 nitrogen and oxygen atoms in total. The fourth-order valence-corrected chi connectivity index (χ4v) is 2.06. The van der Waals surface area contributed by atoms with E-state index >= 15 is 0 Å². The second-order valence-electron chi connectivity index (χ2n) is 3.97. The Morgan fingerprint density at radius 2 is 1.80 bits per heavy atom. The number of amides is 1. The molecule has 0 spiro atoms. The summed E-state index contributed by atoms with van der Waals surface area (Å²) in [6, 6.07) is 6.11. The number of benzene rings is 2. The lowest BCUT2D eigenvalue weighted by Gasteiger charge is -2.09. The molecule has 20 heavy (non-hydrogen) atoms. The molecule has 2 aromatic rings. The number of carbonyl (C=O) groups is 1. The van der Waals surface area contributed by atoms with Crippen LogP contribution in [0, 0.1) is 5.82 Å². The number of halogens is 3. The van der Waals surface area contributed by atoms with Crippen molar-refractivity contribution in [1.29, 1.82) is 0 Å². The lowest BCUT2D eigenvalue weighted by Crippen LogP contribution is -2.14. The summed E-state index contributed by atoms with van der Waals surface area (Å²) in [4.78, 5) is 12.0. The standard InChI is InChI=1S/C13H9Cl2FN2O2/c14-9-4-7(5-10(15)12(9)19)18-13(20)8-2-1-6(16)3-11(8)17/h1-5,19H,17H2,(H,18,20). The van der Waals surface area contributed by atoms with E-state index in [1.54, 1.807) is 0 Å². The molecule has 0 saturated heterocycles. The van der Waals surface area contributed by atoms with Crippen LogP contribution in [0.2, 0.25) is 10.0 Å². The normalized spacial score (nSPS) is 10.3. The minimum atomic E-state index is -0.541. The summed E-state index contributed by atoms with van der Waals surface area (Å²) < 4.78 is 12.9. The highest BCUT2D eigenvalue weighted by Gasteiger charge is 2.13. The summed E-state index contributed by atoms with van der Waals surface area (Å²) in [6.45, 7) is 0. The molecule has 0 aliphatic carbocycles. The lowest BCUT2D eigenvalue weighted by molar-refractivity contribution is 0.102. The third-order valence-corrected chi connectivity index (χ3v) is 3.11. The molecular weight excluding hydrogens is 306 g/mol. The maximum Gasteiger partial charge on any atom is 0.257 e. The van der Waals surface area contributed by atoms with Crippen LogP contribution in [-0.4, -0.2) is 11.0 Å². The third-order valence-electron chi connectivity index (χ3n) is 2.53. The number of phenols is 1. The molecule has 2 aromatic carbocycles. The van der Waals surface area contributed by atoms with E-state index in [9.17, 15) is 14.3 Å². The first-order valence-corrected chi connectivity index (χ1v) is 6.18. The SMILES string of the molecule is Nc1cc(F)ccc1C(=O)Nc1cc(Cl)c(O)c(Cl)c1. The molecule has 7 heteroatoms. The van der Waals surface area contributed by atoms with Gasteiger partial charge in [-0.1, -0.05) is 23.2 Å². The number of phenolic OH excluding ortho intramolecular Hbond substituents is 1. The Kier molecular flexibility index (Phi) is 4.01. The second-order valence-corrected chi connectivity index (χ2v) is 4.79. The maximum absolute atomic E-state index is 12.9. The summed E-state index contributed by atoms with van der Waals surface area (Å²) in [5.74, 6) is -1.34. The van der Waals surface area contributed by atoms with Gasteiger partial charge >= 0.3 is 0 Å². The highest BCUT2D eigenvalue weighted by atomic mass is 35.5. The molecular formula is C13H9Cl2FN2O2. The number of rotatable bonds is 2. The minimum Gasteiger partial charge on any atom is -0.505 e. The van der Waals surface area contributed by atoms with Gasteiger partial charge in [0.05, 0.1) is 15.6 Å². The van der Waals surface area contributed by atoms with Crippen LogP contribution in [0.3, 0.4) is 0 Å². The predicted octanol–water partition coefficient (Wildman–Crippen LogP) is 3.67. The van der Waals surface area contributed by atoms with Crippen LogP contribution in [0.1, 0.15) is 10.4 Å². The first kappa shape index (κ1) is 14.4. The molecule has 0 fully saturated rings. The molecule has 4 N–H and O–H groups in total. The first-order chi connectivity index (χ1) is 9.38. The number of nitrogens with one attached hydrogen (secondary N) is 1. The molecule has 0 heterocycles. The largest absolute Gasteiger partial charge is 0.505 e. The summed E-state index contributed by atoms with van der Waals surface area (Å²) in [5.41, 5.74) is 5.98. The van der Waals surface area contributed by atoms with Crippen molar-refractivity contribution in [3.63, 3.8) is 0 Å². The average molecular weight is 315 g/mol. The highest BCUT2D eigenvalue weighted by Crippen LogP contribution is 2.34. The first-order valence-electron chi connectivity index (χ1n) is 5.43. The molecule has 0 atom stereocenters. The Bertz CT molecular complexity index is 669. The number of hydrogen-bond donors (Lipinski definition) is 3. The van der Waals surface area contributed by atoms with Crippen LogP contribution in [0.4, 0.5) is 15.8 Å². The molecule has 0 aliphatic heterocycles. The zero-order valence-electron chi connectivity index (χ0n) is 9.95. The van der Waals surface area contributed by atoms with Gasteiger partial charge in [0.15, 0.2) is 5.75 Å². The fraction of sp³-hybridized carbons (Fsp3) is 0. The monoisotopic (exact) mass is 314 g/mol. The van der Waals surface area contributed by atoms with Crippen molar-refractivity contribution in [2.24, 2.45) is 0 Å². The Morgan fingerprint density at radius 1 is 1.20 bits per heavy atom. The Morgan fingerprint density at radius 3 is 2.35 bits per heavy atom. The summed E-state index contributed by atoms with van der Waals surface area (Å²) in [6.07, 6.45) is 0. The van der Waals surface area contributed by atoms with Crippen molar-refractivity contribution in [1.82, 2.24) is 0 Å². The van der Waals surface area contributed by atoms with Crippen LogP contribution in [-0.2, 0) is 0 Å². The molecule has 0 aliphatic rings. The van der Waals surface area contributed by atoms with E-state index in [-0.39, 0.29) is 32.7 Å². The molecule has 0 bridgehead atoms. The van der Waals surface area contributed by atoms with Gasteiger partial charge in [-0.15, -0.1) is 0 Å². The van der Waals surface area contributed by atoms with Gasteiger partial charge in [0, 0.05) is 11.4 Å². The average Bonchev–Trinajstić information content (AvgIpc) is 2.35. The lowest BCUT2D eigenvalue weighted by atomic mass is 10.1. The number of nitrogen functional groups attached to an aromatic ring is 1. The van der Waals surface area contributed by atoms with E-state index in [2.05, 4.69) is 5.32 Å². The molecule has 1 amide bonds. The number of hydrogen-bond acceptors (Lipinski definition) is 3. The topological polar surface area (TPSA) is 75.4 Å². The quantitative estimate of drug-likeness (QED) is 0.584. The molecule has 0 aromatic heterocycles. The van der Waals surface area contributed by atoms with Crippen LogP contribution in [0.25, 0.3) is 0 Å². The van der Waals surface area contributed by atoms with Gasteiger partial charge in [-0.05, 0) is 30.3 Å². The summed E-state index contributed by atoms with van der Waals surface area (Å²) in [5, 5.41) is 11.9. The van der Waals surface area contributed by atoms with Crippen LogP contribution < -0.4 is 11.1 Å². The van der Waals surface area contributed by atoms with E-state index < -0.39 is 11.7 Å². The van der Waals surface area contributed by atoms with Crippen molar-refractivity contribution >= 4 is 40.5 Å². The van der Waals surface area contributed by atoms with Gasteiger partial charge in [0.2, 0.25) is 0 Å². The van der Waals surface area contributed by atoms with E-state index in [4.69, 9.17) is 28.9 Å². The van der Waals surface area contributed by atoms with Gasteiger partial charge < -0.3 is 16.2 Å². The molecule has 0 saturated carbocycles. The zero-order chi connectivity index (χ0) is 14.9. The third kappa shape index (κ3) is 2.95. The molecule has 0 radical (unpaired) electrons. The second kappa shape index (κ2) is 5.56. The smallest absolute Gasteiger partial charge is 0.257 e. The van der Waals surface area contributed by atoms with Crippen LogP contribution in [0.5, 0.6) is 5.75 Å². The van der Waals surface area contributed by atoms with E-state index in [0.717, 1.165) is 12.1 Å². The van der Waals surface area contributed by atoms with Crippen molar-refractivity contribution in [3.8, 4) is 5.75 Å². The summed E-state index contributed by atoms with van der Waals surface area (Å²) in [7, 11) is 0. The van der Waals surface area contributed by atoms with Gasteiger partial charge in [-0.2, -0.15) is 0 Å². The van der Waals surface area contributed by atoms with E-state index in [1.165, 1.54) is 18.2 Å². The van der Waals surface area contributed by atoms with Gasteiger partial charge in [-0.25, -0.2) is 4.39 Å². The maximum atomic E-state index is 12.9. The van der Waals surface area contributed by atoms with Crippen molar-refractivity contribution < 1.29 is 14.3 Å². The van der Waals surface area contributed by atoms with Crippen molar-refractivity contribution in [2.45, 2.75) is 0 Å². The molecule has 104 valence electrons. The van der Waals surface area contributed by atoms with Gasteiger partial charge in [0.1, 0.15) is 5.82 Å². The Hall–Kier alpha value is -1.98. The van der Waals surface area contributed by atoms with E-state index in [1.807, 2.05) is 0 Å². The number of anilines is 2. The Labute approximate surface area is 123 Å². The van der Waals surface area contributed by atoms with Gasteiger partial charge in [0.25, 0.3) is 5.91 Å². The van der Waals surface area contributed by atoms with Crippen LogP contribution in [0.15, 0.2) is 30.3 Å². The van der Waals surface area contributed by atoms with Gasteiger partial charge in [-0.3, -0.25) is 4.79 Å². The Balaban J connectivity index is 2.28. The van der Waals surface area contributed by atoms with Crippen molar-refractivity contribution in [2.75, 3.05) is 11.1 Å². The highest BCUT2D eigenvalue weighted by molar-refractivity contribution is 6.37. The van der Waals surface area contributed by atoms with E-state index in [0.29, 0.717) is 0 Å². The fourth-order valence-electron chi connectivity index (χ4n) is 1.58. The number of nitrogens with two attached hydrogens (primary N) is 1. The number of aromatic hydroxyl groups is 1. The number of carbonyl (C=O) groups excluding carboxylic acids is 1. The summed E-state index contributed by atoms with van der Waals surface area (Å²) >= 11 is 11.5. The van der Waals surface area contributed by atoms with Crippen LogP contribution >= 0.6 is 23.2 Å². The van der Waals surface area contributed by atoms with Crippen molar-refractivity contribution in [3.05, 3.63) is 51.8 Å². The minimum absolute atomic E-state index is 0.000113. The molecule has 2 rings (SSSR count). The molecule has 0 unspecified atom stereocenters. The predicted molar refractivity (Wildman–Crippen MR) is 76.9 cm³/mol.